The van der Waals surface area contributed by atoms with Crippen molar-refractivity contribution in [1.29, 1.82) is 0 Å². The summed E-state index contributed by atoms with van der Waals surface area (Å²) in [6.07, 6.45) is 1.58. The smallest absolute Gasteiger partial charge is 0.144 e. The van der Waals surface area contributed by atoms with Gasteiger partial charge in [-0.05, 0) is 24.3 Å². The molecule has 5 aromatic rings. The van der Waals surface area contributed by atoms with E-state index in [2.05, 4.69) is 22.1 Å². The first-order chi connectivity index (χ1) is 12.3. The molecule has 0 saturated heterocycles. The molecular weight excluding hydrogens is 312 g/mol. The zero-order valence-electron chi connectivity index (χ0n) is 13.6. The van der Waals surface area contributed by atoms with Gasteiger partial charge in [0, 0.05) is 27.8 Å². The fourth-order valence-corrected chi connectivity index (χ4v) is 3.31. The number of nitrogens with zero attached hydrogens (tertiary/aromatic N) is 2. The summed E-state index contributed by atoms with van der Waals surface area (Å²) < 4.78 is 11.4. The second kappa shape index (κ2) is 5.31. The number of fused-ring (bicyclic) bond motifs is 4. The molecule has 5 rings (SSSR count). The van der Waals surface area contributed by atoms with Gasteiger partial charge in [0.2, 0.25) is 0 Å². The average molecular weight is 326 g/mol. The van der Waals surface area contributed by atoms with Crippen molar-refractivity contribution in [1.82, 2.24) is 9.97 Å². The highest BCUT2D eigenvalue weighted by Crippen LogP contribution is 2.37. The maximum Gasteiger partial charge on any atom is 0.144 e. The molecule has 0 aliphatic heterocycles. The molecule has 120 valence electrons. The fraction of sp³-hybridized carbons (Fsp3) is 0.0476. The van der Waals surface area contributed by atoms with E-state index >= 15 is 0 Å². The fourth-order valence-electron chi connectivity index (χ4n) is 3.31. The lowest BCUT2D eigenvalue weighted by molar-refractivity contribution is 0.415. The molecule has 25 heavy (non-hydrogen) atoms. The van der Waals surface area contributed by atoms with Crippen LogP contribution in [0.5, 0.6) is 5.75 Å². The summed E-state index contributed by atoms with van der Waals surface area (Å²) in [6, 6.07) is 20.1. The molecule has 0 spiro atoms. The minimum Gasteiger partial charge on any atom is -0.497 e. The molecule has 4 nitrogen and oxygen atoms in total. The van der Waals surface area contributed by atoms with Gasteiger partial charge in [-0.15, -0.1) is 0 Å². The molecule has 0 unspecified atom stereocenters. The summed E-state index contributed by atoms with van der Waals surface area (Å²) in [5.41, 5.74) is 4.39. The SMILES string of the molecule is COc1ccc2c(-c3cccc4c3oc3ccccc34)ncnc2c1. The first kappa shape index (κ1) is 14.0. The normalized spacial score (nSPS) is 11.4. The van der Waals surface area contributed by atoms with Crippen LogP contribution >= 0.6 is 0 Å². The van der Waals surface area contributed by atoms with Crippen LogP contribution in [-0.4, -0.2) is 17.1 Å². The zero-order chi connectivity index (χ0) is 16.8. The van der Waals surface area contributed by atoms with Crippen molar-refractivity contribution < 1.29 is 9.15 Å². The Bertz CT molecular complexity index is 1240. The predicted molar refractivity (Wildman–Crippen MR) is 98.8 cm³/mol. The molecule has 0 bridgehead atoms. The quantitative estimate of drug-likeness (QED) is 0.447. The summed E-state index contributed by atoms with van der Waals surface area (Å²) in [5.74, 6) is 0.777. The van der Waals surface area contributed by atoms with Crippen molar-refractivity contribution in [2.75, 3.05) is 7.11 Å². The Hall–Kier alpha value is -3.40. The van der Waals surface area contributed by atoms with E-state index in [1.165, 1.54) is 0 Å². The van der Waals surface area contributed by atoms with Crippen LogP contribution in [-0.2, 0) is 0 Å². The maximum atomic E-state index is 6.15. The van der Waals surface area contributed by atoms with Crippen LogP contribution in [0.25, 0.3) is 44.1 Å². The van der Waals surface area contributed by atoms with Crippen LogP contribution in [0.4, 0.5) is 0 Å². The Labute approximate surface area is 143 Å². The molecule has 0 radical (unpaired) electrons. The molecule has 2 aromatic heterocycles. The van der Waals surface area contributed by atoms with Crippen molar-refractivity contribution in [2.24, 2.45) is 0 Å². The number of benzene rings is 3. The van der Waals surface area contributed by atoms with Gasteiger partial charge in [-0.3, -0.25) is 0 Å². The van der Waals surface area contributed by atoms with E-state index in [0.717, 1.165) is 49.8 Å². The van der Waals surface area contributed by atoms with Crippen molar-refractivity contribution in [3.63, 3.8) is 0 Å². The van der Waals surface area contributed by atoms with Gasteiger partial charge >= 0.3 is 0 Å². The summed E-state index contributed by atoms with van der Waals surface area (Å²) >= 11 is 0. The molecular formula is C21H14N2O2. The number of methoxy groups -OCH3 is 1. The van der Waals surface area contributed by atoms with Gasteiger partial charge in [0.25, 0.3) is 0 Å². The molecule has 2 heterocycles. The van der Waals surface area contributed by atoms with Crippen molar-refractivity contribution in [2.45, 2.75) is 0 Å². The summed E-state index contributed by atoms with van der Waals surface area (Å²) in [4.78, 5) is 8.92. The second-order valence-electron chi connectivity index (χ2n) is 5.89. The minimum absolute atomic E-state index is 0.777. The van der Waals surface area contributed by atoms with Crippen LogP contribution in [0.3, 0.4) is 0 Å². The predicted octanol–water partition coefficient (Wildman–Crippen LogP) is 5.20. The monoisotopic (exact) mass is 326 g/mol. The van der Waals surface area contributed by atoms with Crippen molar-refractivity contribution in [3.8, 4) is 17.0 Å². The van der Waals surface area contributed by atoms with Gasteiger partial charge in [0.15, 0.2) is 0 Å². The Morgan fingerprint density at radius 2 is 1.72 bits per heavy atom. The van der Waals surface area contributed by atoms with E-state index in [1.54, 1.807) is 13.4 Å². The Morgan fingerprint density at radius 3 is 2.64 bits per heavy atom. The Kier molecular flexibility index (Phi) is 2.97. The van der Waals surface area contributed by atoms with Gasteiger partial charge in [0.05, 0.1) is 18.3 Å². The molecule has 3 aromatic carbocycles. The van der Waals surface area contributed by atoms with Gasteiger partial charge in [0.1, 0.15) is 23.2 Å². The third kappa shape index (κ3) is 2.08. The van der Waals surface area contributed by atoms with E-state index in [1.807, 2.05) is 48.5 Å². The Balaban J connectivity index is 1.85. The third-order valence-corrected chi connectivity index (χ3v) is 4.50. The Morgan fingerprint density at radius 1 is 0.840 bits per heavy atom. The van der Waals surface area contributed by atoms with Crippen LogP contribution in [0, 0.1) is 0 Å². The molecule has 0 atom stereocenters. The summed E-state index contributed by atoms with van der Waals surface area (Å²) in [5, 5.41) is 3.17. The lowest BCUT2D eigenvalue weighted by Crippen LogP contribution is -1.90. The number of hydrogen-bond donors (Lipinski definition) is 0. The van der Waals surface area contributed by atoms with Crippen LogP contribution in [0.15, 0.2) is 71.4 Å². The van der Waals surface area contributed by atoms with E-state index in [4.69, 9.17) is 9.15 Å². The van der Waals surface area contributed by atoms with Crippen LogP contribution in [0.1, 0.15) is 0 Å². The minimum atomic E-state index is 0.777. The highest BCUT2D eigenvalue weighted by Gasteiger charge is 2.15. The summed E-state index contributed by atoms with van der Waals surface area (Å²) in [6.45, 7) is 0. The largest absolute Gasteiger partial charge is 0.497 e. The first-order valence-electron chi connectivity index (χ1n) is 8.04. The van der Waals surface area contributed by atoms with E-state index in [-0.39, 0.29) is 0 Å². The van der Waals surface area contributed by atoms with Gasteiger partial charge in [-0.2, -0.15) is 0 Å². The van der Waals surface area contributed by atoms with E-state index < -0.39 is 0 Å². The molecule has 4 heteroatoms. The van der Waals surface area contributed by atoms with Gasteiger partial charge in [-0.1, -0.05) is 30.3 Å². The molecule has 0 amide bonds. The zero-order valence-corrected chi connectivity index (χ0v) is 13.6. The number of aromatic nitrogens is 2. The first-order valence-corrected chi connectivity index (χ1v) is 8.04. The van der Waals surface area contributed by atoms with Gasteiger partial charge < -0.3 is 9.15 Å². The molecule has 0 aliphatic carbocycles. The number of rotatable bonds is 2. The average Bonchev–Trinajstić information content (AvgIpc) is 3.06. The number of furan rings is 1. The molecule has 0 fully saturated rings. The molecule has 0 N–H and O–H groups in total. The van der Waals surface area contributed by atoms with Crippen molar-refractivity contribution >= 4 is 32.8 Å². The van der Waals surface area contributed by atoms with Crippen LogP contribution < -0.4 is 4.74 Å². The highest BCUT2D eigenvalue weighted by molar-refractivity contribution is 6.11. The lowest BCUT2D eigenvalue weighted by atomic mass is 10.0. The summed E-state index contributed by atoms with van der Waals surface area (Å²) in [7, 11) is 1.65. The molecule has 0 saturated carbocycles. The van der Waals surface area contributed by atoms with Crippen molar-refractivity contribution in [3.05, 3.63) is 67.0 Å². The van der Waals surface area contributed by atoms with Crippen LogP contribution in [0.2, 0.25) is 0 Å². The second-order valence-corrected chi connectivity index (χ2v) is 5.89. The topological polar surface area (TPSA) is 48.2 Å². The third-order valence-electron chi connectivity index (χ3n) is 4.50. The number of para-hydroxylation sites is 2. The lowest BCUT2D eigenvalue weighted by Gasteiger charge is -2.07. The van der Waals surface area contributed by atoms with E-state index in [9.17, 15) is 0 Å². The maximum absolute atomic E-state index is 6.15. The van der Waals surface area contributed by atoms with Gasteiger partial charge in [-0.25, -0.2) is 9.97 Å². The molecule has 0 aliphatic rings. The van der Waals surface area contributed by atoms with E-state index in [0.29, 0.717) is 0 Å². The number of ether oxygens (including phenoxy) is 1. The standard InChI is InChI=1S/C21H14N2O2/c1-24-13-9-10-16-18(11-13)22-12-23-20(16)17-7-4-6-15-14-5-2-3-8-19(14)25-21(15)17/h2-12H,1H3. The highest BCUT2D eigenvalue weighted by atomic mass is 16.5. The number of hydrogen-bond acceptors (Lipinski definition) is 4.